The maximum Gasteiger partial charge on any atom is 0.222 e. The summed E-state index contributed by atoms with van der Waals surface area (Å²) < 4.78 is 0. The lowest BCUT2D eigenvalue weighted by Crippen LogP contribution is -2.11. The van der Waals surface area contributed by atoms with E-state index in [-0.39, 0.29) is 11.4 Å². The number of hydrogen-bond acceptors (Lipinski definition) is 5. The Bertz CT molecular complexity index is 557. The maximum atomic E-state index is 5.80. The van der Waals surface area contributed by atoms with Crippen molar-refractivity contribution < 1.29 is 0 Å². The fourth-order valence-corrected chi connectivity index (χ4v) is 1.74. The molecule has 0 bridgehead atoms. The number of nitrogen functional groups attached to an aromatic ring is 2. The van der Waals surface area contributed by atoms with Gasteiger partial charge in [-0.3, -0.25) is 0 Å². The first-order valence-electron chi connectivity index (χ1n) is 5.54. The Morgan fingerprint density at radius 1 is 1.06 bits per heavy atom. The van der Waals surface area contributed by atoms with Crippen molar-refractivity contribution >= 4 is 22.8 Å². The lowest BCUT2D eigenvalue weighted by atomic mass is 9.90. The highest BCUT2D eigenvalue weighted by Crippen LogP contribution is 2.22. The molecule has 0 atom stereocenters. The lowest BCUT2D eigenvalue weighted by molar-refractivity contribution is 0.407. The molecule has 0 unspecified atom stereocenters. The van der Waals surface area contributed by atoms with E-state index in [1.807, 2.05) is 12.1 Å². The van der Waals surface area contributed by atoms with Crippen molar-refractivity contribution in [2.45, 2.75) is 27.2 Å². The van der Waals surface area contributed by atoms with Crippen LogP contribution in [-0.2, 0) is 6.42 Å². The third-order valence-electron chi connectivity index (χ3n) is 2.36. The van der Waals surface area contributed by atoms with Crippen LogP contribution in [0, 0.1) is 5.41 Å². The average Bonchev–Trinajstić information content (AvgIpc) is 2.16. The van der Waals surface area contributed by atoms with Gasteiger partial charge in [-0.25, -0.2) is 9.97 Å². The number of aromatic nitrogens is 3. The van der Waals surface area contributed by atoms with E-state index in [9.17, 15) is 0 Å². The van der Waals surface area contributed by atoms with Crippen LogP contribution in [0.2, 0.25) is 0 Å². The molecule has 0 saturated carbocycles. The molecule has 5 nitrogen and oxygen atoms in total. The second-order valence-electron chi connectivity index (χ2n) is 5.37. The first-order valence-corrected chi connectivity index (χ1v) is 5.54. The number of hydrogen-bond donors (Lipinski definition) is 2. The van der Waals surface area contributed by atoms with E-state index in [0.717, 1.165) is 12.1 Å². The topological polar surface area (TPSA) is 90.7 Å². The molecular weight excluding hydrogens is 214 g/mol. The molecule has 0 spiro atoms. The van der Waals surface area contributed by atoms with E-state index >= 15 is 0 Å². The van der Waals surface area contributed by atoms with Crippen molar-refractivity contribution in [3.63, 3.8) is 0 Å². The molecule has 17 heavy (non-hydrogen) atoms. The van der Waals surface area contributed by atoms with E-state index in [4.69, 9.17) is 11.5 Å². The van der Waals surface area contributed by atoms with Crippen LogP contribution < -0.4 is 11.5 Å². The van der Waals surface area contributed by atoms with Crippen molar-refractivity contribution in [3.05, 3.63) is 17.8 Å². The van der Waals surface area contributed by atoms with Crippen LogP contribution in [-0.4, -0.2) is 15.0 Å². The zero-order valence-electron chi connectivity index (χ0n) is 10.4. The Balaban J connectivity index is 2.51. The highest BCUT2D eigenvalue weighted by atomic mass is 15.0. The Morgan fingerprint density at radius 2 is 1.76 bits per heavy atom. The predicted molar refractivity (Wildman–Crippen MR) is 69.3 cm³/mol. The summed E-state index contributed by atoms with van der Waals surface area (Å²) in [5.41, 5.74) is 13.8. The molecule has 2 rings (SSSR count). The van der Waals surface area contributed by atoms with Gasteiger partial charge in [0.25, 0.3) is 0 Å². The van der Waals surface area contributed by atoms with Gasteiger partial charge in [-0.15, -0.1) is 0 Å². The standard InChI is InChI=1S/C12H17N5/c1-12(2,3)6-7-4-5-8-9(15-7)10(13)17-11(14)16-8/h4-5H,6H2,1-3H3,(H4,13,14,16,17). The second-order valence-corrected chi connectivity index (χ2v) is 5.37. The zero-order valence-corrected chi connectivity index (χ0v) is 10.4. The van der Waals surface area contributed by atoms with E-state index in [0.29, 0.717) is 16.9 Å². The molecule has 0 aliphatic heterocycles. The third-order valence-corrected chi connectivity index (χ3v) is 2.36. The van der Waals surface area contributed by atoms with Gasteiger partial charge in [0.05, 0.1) is 5.52 Å². The average molecular weight is 231 g/mol. The number of nitrogens with zero attached hydrogens (tertiary/aromatic N) is 3. The van der Waals surface area contributed by atoms with Gasteiger partial charge < -0.3 is 11.5 Å². The monoisotopic (exact) mass is 231 g/mol. The summed E-state index contributed by atoms with van der Waals surface area (Å²) in [7, 11) is 0. The zero-order chi connectivity index (χ0) is 12.6. The molecule has 0 aromatic carbocycles. The Kier molecular flexibility index (Phi) is 2.61. The summed E-state index contributed by atoms with van der Waals surface area (Å²) in [5, 5.41) is 0. The fourth-order valence-electron chi connectivity index (χ4n) is 1.74. The Labute approximate surface area is 100 Å². The van der Waals surface area contributed by atoms with Gasteiger partial charge in [0.2, 0.25) is 5.95 Å². The molecule has 0 aliphatic rings. The van der Waals surface area contributed by atoms with E-state index in [1.165, 1.54) is 0 Å². The molecule has 5 heteroatoms. The molecule has 0 amide bonds. The van der Waals surface area contributed by atoms with Gasteiger partial charge in [-0.2, -0.15) is 4.98 Å². The molecule has 2 aromatic rings. The van der Waals surface area contributed by atoms with Crippen molar-refractivity contribution in [3.8, 4) is 0 Å². The molecule has 2 heterocycles. The molecule has 0 saturated heterocycles. The number of fused-ring (bicyclic) bond motifs is 1. The van der Waals surface area contributed by atoms with E-state index in [2.05, 4.69) is 35.7 Å². The van der Waals surface area contributed by atoms with Gasteiger partial charge in [-0.1, -0.05) is 20.8 Å². The largest absolute Gasteiger partial charge is 0.382 e. The number of rotatable bonds is 1. The summed E-state index contributed by atoms with van der Waals surface area (Å²) in [6, 6.07) is 3.84. The molecule has 0 fully saturated rings. The van der Waals surface area contributed by atoms with Crippen LogP contribution in [0.4, 0.5) is 11.8 Å². The minimum atomic E-state index is 0.181. The van der Waals surface area contributed by atoms with Crippen LogP contribution >= 0.6 is 0 Å². The van der Waals surface area contributed by atoms with Crippen LogP contribution in [0.5, 0.6) is 0 Å². The normalized spacial score (nSPS) is 11.9. The maximum absolute atomic E-state index is 5.80. The first-order chi connectivity index (χ1) is 7.85. The highest BCUT2D eigenvalue weighted by molar-refractivity contribution is 5.84. The summed E-state index contributed by atoms with van der Waals surface area (Å²) in [4.78, 5) is 12.5. The highest BCUT2D eigenvalue weighted by Gasteiger charge is 2.13. The number of pyridine rings is 1. The quantitative estimate of drug-likeness (QED) is 0.780. The van der Waals surface area contributed by atoms with Gasteiger partial charge in [0, 0.05) is 5.69 Å². The van der Waals surface area contributed by atoms with E-state index in [1.54, 1.807) is 0 Å². The molecule has 2 aromatic heterocycles. The molecule has 90 valence electrons. The Morgan fingerprint density at radius 3 is 2.41 bits per heavy atom. The fraction of sp³-hybridized carbons (Fsp3) is 0.417. The number of nitrogens with two attached hydrogens (primary N) is 2. The van der Waals surface area contributed by atoms with Crippen LogP contribution in [0.25, 0.3) is 11.0 Å². The predicted octanol–water partition coefficient (Wildman–Crippen LogP) is 1.78. The minimum Gasteiger partial charge on any atom is -0.382 e. The van der Waals surface area contributed by atoms with Crippen molar-refractivity contribution in [2.75, 3.05) is 11.5 Å². The first kappa shape index (κ1) is 11.6. The molecular formula is C12H17N5. The van der Waals surface area contributed by atoms with Crippen LogP contribution in [0.1, 0.15) is 26.5 Å². The third kappa shape index (κ3) is 2.61. The molecule has 0 aliphatic carbocycles. The second kappa shape index (κ2) is 3.84. The molecule has 4 N–H and O–H groups in total. The summed E-state index contributed by atoms with van der Waals surface area (Å²) in [6.07, 6.45) is 0.882. The Hall–Kier alpha value is -1.91. The molecule has 0 radical (unpaired) electrons. The van der Waals surface area contributed by atoms with Crippen LogP contribution in [0.15, 0.2) is 12.1 Å². The number of anilines is 2. The van der Waals surface area contributed by atoms with E-state index < -0.39 is 0 Å². The van der Waals surface area contributed by atoms with Gasteiger partial charge >= 0.3 is 0 Å². The summed E-state index contributed by atoms with van der Waals surface area (Å²) in [6.45, 7) is 6.51. The van der Waals surface area contributed by atoms with Crippen LogP contribution in [0.3, 0.4) is 0 Å². The lowest BCUT2D eigenvalue weighted by Gasteiger charge is -2.17. The SMILES string of the molecule is CC(C)(C)Cc1ccc2nc(N)nc(N)c2n1. The summed E-state index contributed by atoms with van der Waals surface area (Å²) >= 11 is 0. The van der Waals surface area contributed by atoms with Crippen molar-refractivity contribution in [2.24, 2.45) is 5.41 Å². The summed E-state index contributed by atoms with van der Waals surface area (Å²) in [5.74, 6) is 0.517. The van der Waals surface area contributed by atoms with Gasteiger partial charge in [-0.05, 0) is 24.0 Å². The van der Waals surface area contributed by atoms with Gasteiger partial charge in [0.15, 0.2) is 5.82 Å². The van der Waals surface area contributed by atoms with Gasteiger partial charge in [0.1, 0.15) is 5.52 Å². The minimum absolute atomic E-state index is 0.181. The van der Waals surface area contributed by atoms with Crippen molar-refractivity contribution in [1.29, 1.82) is 0 Å². The van der Waals surface area contributed by atoms with Crippen molar-refractivity contribution in [1.82, 2.24) is 15.0 Å². The smallest absolute Gasteiger partial charge is 0.222 e.